The zero-order chi connectivity index (χ0) is 39.5. The Morgan fingerprint density at radius 2 is 0.818 bits per heavy atom. The van der Waals surface area contributed by atoms with Gasteiger partial charge in [-0.15, -0.1) is 0 Å². The first-order valence-corrected chi connectivity index (χ1v) is 22.1. The molecule has 0 radical (unpaired) electrons. The predicted molar refractivity (Wildman–Crippen MR) is 216 cm³/mol. The van der Waals surface area contributed by atoms with Gasteiger partial charge >= 0.3 is 15.2 Å². The van der Waals surface area contributed by atoms with Crippen LogP contribution in [0, 0.1) is 0 Å². The Labute approximate surface area is 341 Å². The first-order valence-electron chi connectivity index (χ1n) is 16.6. The van der Waals surface area contributed by atoms with Crippen LogP contribution in [0.4, 0.5) is 0 Å². The zero-order valence-corrected chi connectivity index (χ0v) is 34.2. The van der Waals surface area contributed by atoms with Crippen molar-refractivity contribution < 1.29 is 37.8 Å². The highest BCUT2D eigenvalue weighted by Crippen LogP contribution is 2.40. The number of rotatable bonds is 13. The lowest BCUT2D eigenvalue weighted by Gasteiger charge is -2.13. The quantitative estimate of drug-likeness (QED) is 0.0655. The van der Waals surface area contributed by atoms with Crippen LogP contribution in [0.2, 0.25) is 25.1 Å². The van der Waals surface area contributed by atoms with Crippen LogP contribution in [0.5, 0.6) is 0 Å². The van der Waals surface area contributed by atoms with E-state index in [0.717, 1.165) is 11.1 Å². The Kier molecular flexibility index (Phi) is 13.1. The van der Waals surface area contributed by atoms with E-state index < -0.39 is 15.2 Å². The topological polar surface area (TPSA) is 161 Å². The molecule has 3 heterocycles. The molecule has 0 spiro atoms. The van der Waals surface area contributed by atoms with Gasteiger partial charge in [-0.1, -0.05) is 58.0 Å². The van der Waals surface area contributed by atoms with Gasteiger partial charge in [-0.2, -0.15) is 0 Å². The van der Waals surface area contributed by atoms with Crippen LogP contribution in [-0.2, 0) is 22.2 Å². The summed E-state index contributed by atoms with van der Waals surface area (Å²) in [5.74, 6) is 0.779. The Balaban J connectivity index is 1.34. The van der Waals surface area contributed by atoms with E-state index in [9.17, 15) is 9.13 Å². The lowest BCUT2D eigenvalue weighted by atomic mass is 10.0. The van der Waals surface area contributed by atoms with Gasteiger partial charge in [0.1, 0.15) is 13.1 Å². The molecule has 4 N–H and O–H groups in total. The molecular weight excluding hydrogens is 850 g/mol. The van der Waals surface area contributed by atoms with Crippen LogP contribution in [0.3, 0.4) is 0 Å². The maximum absolute atomic E-state index is 11.2. The van der Waals surface area contributed by atoms with Crippen LogP contribution in [0.25, 0.3) is 56.4 Å². The fourth-order valence-electron chi connectivity index (χ4n) is 5.71. The van der Waals surface area contributed by atoms with Gasteiger partial charge in [-0.05, 0) is 59.7 Å². The van der Waals surface area contributed by atoms with Crippen molar-refractivity contribution in [2.24, 2.45) is 0 Å². The Hall–Kier alpha value is -3.28. The van der Waals surface area contributed by atoms with E-state index in [1.165, 1.54) is 0 Å². The van der Waals surface area contributed by atoms with E-state index in [2.05, 4.69) is 0 Å². The molecule has 0 bridgehead atoms. The van der Waals surface area contributed by atoms with Crippen molar-refractivity contribution in [3.63, 3.8) is 0 Å². The van der Waals surface area contributed by atoms with Gasteiger partial charge in [0.15, 0.2) is 42.3 Å². The van der Waals surface area contributed by atoms with Gasteiger partial charge in [0.2, 0.25) is 0 Å². The molecule has 6 aromatic rings. The normalized spacial score (nSPS) is 11.9. The minimum Gasteiger partial charge on any atom is -0.324 e. The molecule has 3 aromatic carbocycles. The molecule has 0 aliphatic carbocycles. The highest BCUT2D eigenvalue weighted by molar-refractivity contribution is 7.52. The Morgan fingerprint density at radius 1 is 0.473 bits per heavy atom. The van der Waals surface area contributed by atoms with Crippen LogP contribution < -0.4 is 9.13 Å². The molecule has 3 aromatic heterocycles. The molecule has 0 amide bonds. The molecule has 0 saturated heterocycles. The molecule has 0 fully saturated rings. The van der Waals surface area contributed by atoms with Crippen LogP contribution in [-0.4, -0.2) is 46.8 Å². The number of aryl methyl sites for hydroxylation is 2. The summed E-state index contributed by atoms with van der Waals surface area (Å²) >= 11 is 33.7. The first kappa shape index (κ1) is 41.4. The minimum atomic E-state index is -4.07. The van der Waals surface area contributed by atoms with Crippen molar-refractivity contribution in [2.75, 3.05) is 12.3 Å². The molecule has 0 aliphatic rings. The van der Waals surface area contributed by atoms with E-state index >= 15 is 0 Å². The highest BCUT2D eigenvalue weighted by Gasteiger charge is 2.21. The van der Waals surface area contributed by atoms with Crippen molar-refractivity contribution in [3.8, 4) is 56.4 Å². The third-order valence-electron chi connectivity index (χ3n) is 8.47. The Bertz CT molecular complexity index is 2300. The van der Waals surface area contributed by atoms with Gasteiger partial charge in [-0.3, -0.25) is 9.13 Å². The van der Waals surface area contributed by atoms with Gasteiger partial charge < -0.3 is 19.6 Å². The van der Waals surface area contributed by atoms with Crippen molar-refractivity contribution in [3.05, 3.63) is 123 Å². The third kappa shape index (κ3) is 11.0. The summed E-state index contributed by atoms with van der Waals surface area (Å²) in [4.78, 5) is 50.9. The summed E-state index contributed by atoms with van der Waals surface area (Å²) in [6.07, 6.45) is 7.46. The number of halogens is 5. The van der Waals surface area contributed by atoms with Gasteiger partial charge in [0.05, 0.1) is 22.4 Å². The SMILES string of the molecule is O=P(O)(O)CCC[n+]1ccc(-c2cc(Cl)c(-c3nc(-c4ccc(Cl)cc4)nc(-c4cc(Cl)c(-c5cc[n+](CCCP(=O)(O)O)cc5)cc4Cl)n3)cc2Cl)cc1. The standard InChI is InChI=1S/C37H30Cl5N5O6P2/c38-26-5-3-25(4-6-26)35-43-36(29-21-31(39)27(19-33(29)41)23-7-13-46(14-8-23)11-1-17-54(48,49)50)45-37(44-35)30-22-32(40)28(20-34(30)42)24-9-15-47(16-10-24)12-2-18-55(51,52)53/h3-10,13-16,19-22H,1-2,11-12,17-18H2,(H2-2,48,49,50,51,52,53)/p+2. The van der Waals surface area contributed by atoms with Crippen LogP contribution in [0.1, 0.15) is 12.8 Å². The highest BCUT2D eigenvalue weighted by atomic mass is 35.5. The van der Waals surface area contributed by atoms with Crippen molar-refractivity contribution in [2.45, 2.75) is 25.9 Å². The van der Waals surface area contributed by atoms with Crippen molar-refractivity contribution in [1.82, 2.24) is 15.0 Å². The van der Waals surface area contributed by atoms with E-state index in [4.69, 9.17) is 92.5 Å². The second kappa shape index (κ2) is 17.5. The largest absolute Gasteiger partial charge is 0.325 e. The average Bonchev–Trinajstić information content (AvgIpc) is 3.13. The molecule has 55 heavy (non-hydrogen) atoms. The number of nitrogens with zero attached hydrogens (tertiary/aromatic N) is 5. The summed E-state index contributed by atoms with van der Waals surface area (Å²) < 4.78 is 26.1. The van der Waals surface area contributed by atoms with Crippen LogP contribution in [0.15, 0.2) is 97.6 Å². The summed E-state index contributed by atoms with van der Waals surface area (Å²) in [6.45, 7) is 0.874. The summed E-state index contributed by atoms with van der Waals surface area (Å²) in [7, 11) is -8.13. The number of hydrogen-bond donors (Lipinski definition) is 4. The maximum Gasteiger partial charge on any atom is 0.325 e. The van der Waals surface area contributed by atoms with Gasteiger partial charge in [0, 0.05) is 80.0 Å². The predicted octanol–water partition coefficient (Wildman–Crippen LogP) is 9.18. The molecular formula is C37H32Cl5N5O6P2+2. The molecule has 11 nitrogen and oxygen atoms in total. The molecule has 284 valence electrons. The molecule has 0 atom stereocenters. The lowest BCUT2D eigenvalue weighted by molar-refractivity contribution is -0.696. The van der Waals surface area contributed by atoms with E-state index in [1.54, 1.807) is 73.3 Å². The lowest BCUT2D eigenvalue weighted by Crippen LogP contribution is -2.32. The summed E-state index contributed by atoms with van der Waals surface area (Å²) in [6, 6.07) is 21.2. The molecule has 18 heteroatoms. The number of hydrogen-bond acceptors (Lipinski definition) is 5. The number of aromatic nitrogens is 5. The molecule has 0 unspecified atom stereocenters. The second-order valence-corrected chi connectivity index (χ2v) is 18.2. The monoisotopic (exact) mass is 879 g/mol. The zero-order valence-electron chi connectivity index (χ0n) is 28.6. The Morgan fingerprint density at radius 3 is 1.20 bits per heavy atom. The third-order valence-corrected chi connectivity index (χ3v) is 11.8. The van der Waals surface area contributed by atoms with E-state index in [0.29, 0.717) is 84.7 Å². The van der Waals surface area contributed by atoms with Crippen molar-refractivity contribution >= 4 is 73.2 Å². The second-order valence-electron chi connectivity index (χ2n) is 12.6. The summed E-state index contributed by atoms with van der Waals surface area (Å²) in [5, 5.41) is 1.93. The van der Waals surface area contributed by atoms with Gasteiger partial charge in [0.25, 0.3) is 0 Å². The maximum atomic E-state index is 11.2. The molecule has 6 rings (SSSR count). The number of pyridine rings is 2. The fraction of sp³-hybridized carbons (Fsp3) is 0.162. The average molecular weight is 882 g/mol. The smallest absolute Gasteiger partial charge is 0.324 e. The summed E-state index contributed by atoms with van der Waals surface area (Å²) in [5.41, 5.74) is 4.40. The van der Waals surface area contributed by atoms with Gasteiger partial charge in [-0.25, -0.2) is 24.1 Å². The van der Waals surface area contributed by atoms with E-state index in [-0.39, 0.29) is 24.0 Å². The molecule has 0 aliphatic heterocycles. The van der Waals surface area contributed by atoms with Crippen molar-refractivity contribution in [1.29, 1.82) is 0 Å². The minimum absolute atomic E-state index is 0.198. The van der Waals surface area contributed by atoms with E-state index in [1.807, 2.05) is 33.4 Å². The fourth-order valence-corrected chi connectivity index (χ4v) is 7.99. The first-order chi connectivity index (χ1) is 26.0. The molecule has 0 saturated carbocycles. The number of benzene rings is 3. The van der Waals surface area contributed by atoms with Crippen LogP contribution >= 0.6 is 73.2 Å².